The van der Waals surface area contributed by atoms with E-state index in [0.29, 0.717) is 21.9 Å². The van der Waals surface area contributed by atoms with Gasteiger partial charge in [-0.1, -0.05) is 30.8 Å². The standard InChI is InChI=1S/C20H22N4O2S/c1-4-14(3)22-18(25)12-27-20-23-16-8-6-5-7-15(16)19(26)24(20)17-11-13(2)9-10-21-17/h5-11,14H,4,12H2,1-3H3,(H,22,25)/t14-/m1/s1. The summed E-state index contributed by atoms with van der Waals surface area (Å²) in [5, 5.41) is 3.91. The Morgan fingerprint density at radius 1 is 1.30 bits per heavy atom. The van der Waals surface area contributed by atoms with Crippen molar-refractivity contribution in [3.8, 4) is 5.82 Å². The first-order chi connectivity index (χ1) is 13.0. The van der Waals surface area contributed by atoms with Crippen molar-refractivity contribution in [3.63, 3.8) is 0 Å². The van der Waals surface area contributed by atoms with Crippen LogP contribution in [0.2, 0.25) is 0 Å². The second-order valence-electron chi connectivity index (χ2n) is 6.41. The van der Waals surface area contributed by atoms with E-state index in [-0.39, 0.29) is 23.3 Å². The Labute approximate surface area is 162 Å². The molecule has 1 aromatic carbocycles. The van der Waals surface area contributed by atoms with Crippen molar-refractivity contribution >= 4 is 28.6 Å². The lowest BCUT2D eigenvalue weighted by Gasteiger charge is -2.14. The number of aryl methyl sites for hydroxylation is 1. The van der Waals surface area contributed by atoms with E-state index in [1.54, 1.807) is 18.3 Å². The fraction of sp³-hybridized carbons (Fsp3) is 0.300. The van der Waals surface area contributed by atoms with Crippen LogP contribution in [0.1, 0.15) is 25.8 Å². The molecule has 0 radical (unpaired) electrons. The van der Waals surface area contributed by atoms with E-state index in [0.717, 1.165) is 12.0 Å². The number of hydrogen-bond acceptors (Lipinski definition) is 5. The molecule has 3 aromatic rings. The minimum absolute atomic E-state index is 0.0829. The molecule has 2 heterocycles. The van der Waals surface area contributed by atoms with Crippen molar-refractivity contribution in [1.82, 2.24) is 19.9 Å². The molecule has 0 fully saturated rings. The summed E-state index contributed by atoms with van der Waals surface area (Å²) in [7, 11) is 0. The maximum Gasteiger partial charge on any atom is 0.267 e. The highest BCUT2D eigenvalue weighted by Gasteiger charge is 2.16. The molecule has 140 valence electrons. The van der Waals surface area contributed by atoms with Gasteiger partial charge in [-0.05, 0) is 50.1 Å². The van der Waals surface area contributed by atoms with Gasteiger partial charge >= 0.3 is 0 Å². The number of carbonyl (C=O) groups excluding carboxylic acids is 1. The minimum Gasteiger partial charge on any atom is -0.353 e. The summed E-state index contributed by atoms with van der Waals surface area (Å²) >= 11 is 1.24. The molecule has 7 heteroatoms. The van der Waals surface area contributed by atoms with Crippen LogP contribution in [0.15, 0.2) is 52.5 Å². The largest absolute Gasteiger partial charge is 0.353 e. The van der Waals surface area contributed by atoms with Gasteiger partial charge in [0.1, 0.15) is 5.82 Å². The van der Waals surface area contributed by atoms with Crippen LogP contribution in [0.5, 0.6) is 0 Å². The molecular formula is C20H22N4O2S. The SMILES string of the molecule is CC[C@@H](C)NC(=O)CSc1nc2ccccc2c(=O)n1-c1cc(C)ccn1. The molecule has 2 aromatic heterocycles. The lowest BCUT2D eigenvalue weighted by Crippen LogP contribution is -2.33. The van der Waals surface area contributed by atoms with Crippen molar-refractivity contribution in [2.24, 2.45) is 0 Å². The molecule has 0 aliphatic heterocycles. The number of fused-ring (bicyclic) bond motifs is 1. The number of rotatable bonds is 6. The van der Waals surface area contributed by atoms with Crippen LogP contribution in [0, 0.1) is 6.92 Å². The third-order valence-corrected chi connectivity index (χ3v) is 5.17. The zero-order valence-electron chi connectivity index (χ0n) is 15.6. The number of nitrogens with one attached hydrogen (secondary N) is 1. The molecule has 6 nitrogen and oxygen atoms in total. The second-order valence-corrected chi connectivity index (χ2v) is 7.35. The number of nitrogens with zero attached hydrogens (tertiary/aromatic N) is 3. The molecular weight excluding hydrogens is 360 g/mol. The predicted octanol–water partition coefficient (Wildman–Crippen LogP) is 3.10. The first-order valence-corrected chi connectivity index (χ1v) is 9.85. The number of aromatic nitrogens is 3. The Hall–Kier alpha value is -2.67. The van der Waals surface area contributed by atoms with Crippen molar-refractivity contribution in [2.75, 3.05) is 5.75 Å². The van der Waals surface area contributed by atoms with E-state index in [4.69, 9.17) is 0 Å². The van der Waals surface area contributed by atoms with E-state index < -0.39 is 0 Å². The molecule has 1 N–H and O–H groups in total. The summed E-state index contributed by atoms with van der Waals surface area (Å²) < 4.78 is 1.48. The predicted molar refractivity (Wildman–Crippen MR) is 108 cm³/mol. The maximum atomic E-state index is 13.1. The van der Waals surface area contributed by atoms with E-state index in [2.05, 4.69) is 15.3 Å². The summed E-state index contributed by atoms with van der Waals surface area (Å²) in [6.07, 6.45) is 2.53. The third kappa shape index (κ3) is 4.36. The summed E-state index contributed by atoms with van der Waals surface area (Å²) in [4.78, 5) is 34.2. The van der Waals surface area contributed by atoms with Gasteiger partial charge in [0.2, 0.25) is 5.91 Å². The number of thioether (sulfide) groups is 1. The van der Waals surface area contributed by atoms with Gasteiger partial charge < -0.3 is 5.32 Å². The van der Waals surface area contributed by atoms with Crippen LogP contribution in [0.3, 0.4) is 0 Å². The van der Waals surface area contributed by atoms with Crippen LogP contribution in [0.25, 0.3) is 16.7 Å². The fourth-order valence-corrected chi connectivity index (χ4v) is 3.41. The first kappa shape index (κ1) is 19.1. The molecule has 27 heavy (non-hydrogen) atoms. The number of carbonyl (C=O) groups is 1. The van der Waals surface area contributed by atoms with Crippen LogP contribution < -0.4 is 10.9 Å². The van der Waals surface area contributed by atoms with Crippen LogP contribution in [-0.2, 0) is 4.79 Å². The highest BCUT2D eigenvalue weighted by atomic mass is 32.2. The van der Waals surface area contributed by atoms with Crippen LogP contribution in [-0.4, -0.2) is 32.2 Å². The summed E-state index contributed by atoms with van der Waals surface area (Å²) in [6.45, 7) is 5.92. The molecule has 0 unspecified atom stereocenters. The number of hydrogen-bond donors (Lipinski definition) is 1. The van der Waals surface area contributed by atoms with E-state index in [9.17, 15) is 9.59 Å². The average Bonchev–Trinajstić information content (AvgIpc) is 2.66. The van der Waals surface area contributed by atoms with Crippen molar-refractivity contribution in [3.05, 3.63) is 58.5 Å². The van der Waals surface area contributed by atoms with Gasteiger partial charge in [0.15, 0.2) is 5.16 Å². The van der Waals surface area contributed by atoms with Gasteiger partial charge in [0, 0.05) is 12.2 Å². The van der Waals surface area contributed by atoms with Gasteiger partial charge in [-0.25, -0.2) is 14.5 Å². The molecule has 0 aliphatic carbocycles. The molecule has 0 saturated heterocycles. The maximum absolute atomic E-state index is 13.1. The lowest BCUT2D eigenvalue weighted by molar-refractivity contribution is -0.119. The normalized spacial score (nSPS) is 12.1. The lowest BCUT2D eigenvalue weighted by atomic mass is 10.2. The Balaban J connectivity index is 2.03. The Bertz CT molecular complexity index is 1030. The molecule has 0 bridgehead atoms. The second kappa shape index (κ2) is 8.35. The summed E-state index contributed by atoms with van der Waals surface area (Å²) in [5.74, 6) is 0.601. The smallest absolute Gasteiger partial charge is 0.267 e. The third-order valence-electron chi connectivity index (χ3n) is 4.23. The van der Waals surface area contributed by atoms with Gasteiger partial charge in [-0.3, -0.25) is 9.59 Å². The van der Waals surface area contributed by atoms with Gasteiger partial charge in [0.05, 0.1) is 16.7 Å². The molecule has 0 saturated carbocycles. The van der Waals surface area contributed by atoms with Gasteiger partial charge in [-0.15, -0.1) is 0 Å². The highest BCUT2D eigenvalue weighted by Crippen LogP contribution is 2.20. The number of benzene rings is 1. The van der Waals surface area contributed by atoms with Gasteiger partial charge in [-0.2, -0.15) is 0 Å². The van der Waals surface area contributed by atoms with Crippen LogP contribution >= 0.6 is 11.8 Å². The van der Waals surface area contributed by atoms with E-state index >= 15 is 0 Å². The van der Waals surface area contributed by atoms with Crippen molar-refractivity contribution in [1.29, 1.82) is 0 Å². The van der Waals surface area contributed by atoms with Crippen molar-refractivity contribution in [2.45, 2.75) is 38.4 Å². The zero-order valence-corrected chi connectivity index (χ0v) is 16.4. The molecule has 0 aliphatic rings. The Kier molecular flexibility index (Phi) is 5.91. The number of para-hydroxylation sites is 1. The zero-order chi connectivity index (χ0) is 19.4. The van der Waals surface area contributed by atoms with Crippen molar-refractivity contribution < 1.29 is 4.79 Å². The average molecular weight is 382 g/mol. The number of pyridine rings is 1. The van der Waals surface area contributed by atoms with E-state index in [1.807, 2.05) is 45.0 Å². The first-order valence-electron chi connectivity index (χ1n) is 8.86. The Morgan fingerprint density at radius 3 is 2.81 bits per heavy atom. The molecule has 1 atom stereocenters. The topological polar surface area (TPSA) is 76.9 Å². The van der Waals surface area contributed by atoms with Gasteiger partial charge in [0.25, 0.3) is 5.56 Å². The molecule has 0 spiro atoms. The fourth-order valence-electron chi connectivity index (χ4n) is 2.60. The number of amides is 1. The Morgan fingerprint density at radius 2 is 2.07 bits per heavy atom. The van der Waals surface area contributed by atoms with Crippen LogP contribution in [0.4, 0.5) is 0 Å². The molecule has 3 rings (SSSR count). The summed E-state index contributed by atoms with van der Waals surface area (Å²) in [5.41, 5.74) is 1.41. The quantitative estimate of drug-likeness (QED) is 0.524. The monoisotopic (exact) mass is 382 g/mol. The minimum atomic E-state index is -0.191. The highest BCUT2D eigenvalue weighted by molar-refractivity contribution is 7.99. The summed E-state index contributed by atoms with van der Waals surface area (Å²) in [6, 6.07) is 11.0. The van der Waals surface area contributed by atoms with E-state index in [1.165, 1.54) is 16.3 Å². The molecule has 1 amide bonds.